The number of methoxy groups -OCH3 is 1. The summed E-state index contributed by atoms with van der Waals surface area (Å²) in [6, 6.07) is 7.96. The van der Waals surface area contributed by atoms with Crippen molar-refractivity contribution in [2.45, 2.75) is 13.0 Å². The molecule has 2 aromatic heterocycles. The number of nitrogens with zero attached hydrogens (tertiary/aromatic N) is 2. The smallest absolute Gasteiger partial charge is 0.237 e. The van der Waals surface area contributed by atoms with Gasteiger partial charge in [0.15, 0.2) is 4.96 Å². The molecule has 1 aromatic carbocycles. The van der Waals surface area contributed by atoms with Crippen LogP contribution in [-0.4, -0.2) is 23.0 Å². The van der Waals surface area contributed by atoms with Crippen LogP contribution in [0.4, 0.5) is 0 Å². The lowest BCUT2D eigenvalue weighted by Gasteiger charge is -2.06. The van der Waals surface area contributed by atoms with Crippen LogP contribution in [0.3, 0.4) is 0 Å². The summed E-state index contributed by atoms with van der Waals surface area (Å²) in [7, 11) is 1.66. The van der Waals surface area contributed by atoms with Gasteiger partial charge >= 0.3 is 0 Å². The molecule has 4 nitrogen and oxygen atoms in total. The Bertz CT molecular complexity index is 720. The Balaban J connectivity index is 1.59. The molecule has 3 rings (SSSR count). The van der Waals surface area contributed by atoms with Crippen LogP contribution in [0.25, 0.3) is 4.96 Å². The van der Waals surface area contributed by atoms with Crippen molar-refractivity contribution in [2.75, 3.05) is 13.7 Å². The van der Waals surface area contributed by atoms with E-state index in [9.17, 15) is 0 Å². The first-order valence-corrected chi connectivity index (χ1v) is 7.97. The number of fused-ring (bicyclic) bond motifs is 1. The summed E-state index contributed by atoms with van der Waals surface area (Å²) in [4.78, 5) is 5.40. The molecule has 0 radical (unpaired) electrons. The molecule has 0 aliphatic carbocycles. The number of ether oxygens (including phenoxy) is 1. The maximum Gasteiger partial charge on any atom is 0.237 e. The van der Waals surface area contributed by atoms with Gasteiger partial charge in [0.25, 0.3) is 0 Å². The van der Waals surface area contributed by atoms with E-state index in [-0.39, 0.29) is 0 Å². The van der Waals surface area contributed by atoms with E-state index in [1.807, 2.05) is 23.7 Å². The lowest BCUT2D eigenvalue weighted by molar-refractivity contribution is 0.393. The molecule has 3 aromatic rings. The first-order chi connectivity index (χ1) is 10.3. The third-order valence-electron chi connectivity index (χ3n) is 3.31. The maximum absolute atomic E-state index is 5.88. The van der Waals surface area contributed by atoms with Crippen molar-refractivity contribution in [3.63, 3.8) is 0 Å². The molecule has 1 N–H and O–H groups in total. The Morgan fingerprint density at radius 3 is 2.90 bits per heavy atom. The van der Waals surface area contributed by atoms with Gasteiger partial charge in [-0.3, -0.25) is 4.40 Å². The van der Waals surface area contributed by atoms with Crippen molar-refractivity contribution >= 4 is 27.9 Å². The molecular formula is C15H16ClN3OS. The number of nitrogens with one attached hydrogen (secondary N) is 1. The molecule has 0 atom stereocenters. The van der Waals surface area contributed by atoms with Crippen molar-refractivity contribution in [1.29, 1.82) is 0 Å². The normalized spacial score (nSPS) is 11.1. The molecule has 0 amide bonds. The molecule has 0 spiro atoms. The quantitative estimate of drug-likeness (QED) is 0.707. The second-order valence-corrected chi connectivity index (χ2v) is 5.99. The van der Waals surface area contributed by atoms with Gasteiger partial charge in [-0.15, -0.1) is 11.3 Å². The van der Waals surface area contributed by atoms with E-state index < -0.39 is 0 Å². The van der Waals surface area contributed by atoms with Gasteiger partial charge in [-0.2, -0.15) is 4.98 Å². The molecule has 0 fully saturated rings. The highest BCUT2D eigenvalue weighted by Crippen LogP contribution is 2.22. The van der Waals surface area contributed by atoms with Crippen LogP contribution in [0.5, 0.6) is 5.88 Å². The van der Waals surface area contributed by atoms with Gasteiger partial charge in [0.05, 0.1) is 7.11 Å². The van der Waals surface area contributed by atoms with Crippen LogP contribution in [0, 0.1) is 0 Å². The monoisotopic (exact) mass is 321 g/mol. The number of hydrogen-bond acceptors (Lipinski definition) is 4. The summed E-state index contributed by atoms with van der Waals surface area (Å²) < 4.78 is 7.41. The zero-order valence-corrected chi connectivity index (χ0v) is 13.2. The zero-order valence-electron chi connectivity index (χ0n) is 11.7. The van der Waals surface area contributed by atoms with E-state index in [0.29, 0.717) is 5.88 Å². The standard InChI is InChI=1S/C15H16ClN3OS/c1-20-14-13(19-8-9-21-15(19)18-14)10-17-7-6-11-2-4-12(16)5-3-11/h2-5,8-9,17H,6-7,10H2,1H3. The Morgan fingerprint density at radius 2 is 2.14 bits per heavy atom. The SMILES string of the molecule is COc1nc2sccn2c1CNCCc1ccc(Cl)cc1. The third kappa shape index (κ3) is 3.20. The number of halogens is 1. The Morgan fingerprint density at radius 1 is 1.33 bits per heavy atom. The van der Waals surface area contributed by atoms with Crippen molar-refractivity contribution in [3.05, 3.63) is 52.1 Å². The highest BCUT2D eigenvalue weighted by Gasteiger charge is 2.12. The van der Waals surface area contributed by atoms with Crippen LogP contribution in [0.1, 0.15) is 11.3 Å². The minimum absolute atomic E-state index is 0.695. The van der Waals surface area contributed by atoms with Gasteiger partial charge in [0, 0.05) is 23.1 Å². The number of hydrogen-bond donors (Lipinski definition) is 1. The van der Waals surface area contributed by atoms with Crippen LogP contribution in [0.15, 0.2) is 35.8 Å². The van der Waals surface area contributed by atoms with Gasteiger partial charge < -0.3 is 10.1 Å². The summed E-state index contributed by atoms with van der Waals surface area (Å²) >= 11 is 7.49. The van der Waals surface area contributed by atoms with Gasteiger partial charge in [-0.25, -0.2) is 0 Å². The van der Waals surface area contributed by atoms with E-state index >= 15 is 0 Å². The fraction of sp³-hybridized carbons (Fsp3) is 0.267. The average molecular weight is 322 g/mol. The van der Waals surface area contributed by atoms with Gasteiger partial charge in [-0.1, -0.05) is 23.7 Å². The largest absolute Gasteiger partial charge is 0.480 e. The zero-order chi connectivity index (χ0) is 14.7. The molecule has 0 unspecified atom stereocenters. The van der Waals surface area contributed by atoms with E-state index in [1.54, 1.807) is 18.4 Å². The first-order valence-electron chi connectivity index (χ1n) is 6.71. The molecule has 0 saturated carbocycles. The summed E-state index contributed by atoms with van der Waals surface area (Å²) in [5.41, 5.74) is 2.33. The molecule has 21 heavy (non-hydrogen) atoms. The average Bonchev–Trinajstić information content (AvgIpc) is 3.06. The second kappa shape index (κ2) is 6.47. The minimum Gasteiger partial charge on any atom is -0.480 e. The lowest BCUT2D eigenvalue weighted by Crippen LogP contribution is -2.18. The number of aromatic nitrogens is 2. The fourth-order valence-corrected chi connectivity index (χ4v) is 3.08. The molecule has 0 aliphatic heterocycles. The lowest BCUT2D eigenvalue weighted by atomic mass is 10.1. The summed E-state index contributed by atoms with van der Waals surface area (Å²) in [6.07, 6.45) is 2.98. The fourth-order valence-electron chi connectivity index (χ4n) is 2.23. The predicted octanol–water partition coefficient (Wildman–Crippen LogP) is 3.39. The first kappa shape index (κ1) is 14.4. The molecule has 0 aliphatic rings. The van der Waals surface area contributed by atoms with E-state index in [2.05, 4.69) is 26.8 Å². The van der Waals surface area contributed by atoms with Gasteiger partial charge in [0.2, 0.25) is 5.88 Å². The number of thiazole rings is 1. The van der Waals surface area contributed by atoms with E-state index in [0.717, 1.165) is 35.2 Å². The number of imidazole rings is 1. The van der Waals surface area contributed by atoms with Gasteiger partial charge in [0.1, 0.15) is 5.69 Å². The molecule has 6 heteroatoms. The predicted molar refractivity (Wildman–Crippen MR) is 86.5 cm³/mol. The Hall–Kier alpha value is -1.56. The van der Waals surface area contributed by atoms with Crippen LogP contribution in [-0.2, 0) is 13.0 Å². The molecule has 0 saturated heterocycles. The van der Waals surface area contributed by atoms with Gasteiger partial charge in [-0.05, 0) is 30.7 Å². The summed E-state index contributed by atoms with van der Waals surface area (Å²) in [5.74, 6) is 0.695. The van der Waals surface area contributed by atoms with Crippen molar-refractivity contribution in [1.82, 2.24) is 14.7 Å². The van der Waals surface area contributed by atoms with Crippen molar-refractivity contribution in [3.8, 4) is 5.88 Å². The van der Waals surface area contributed by atoms with Crippen LogP contribution >= 0.6 is 22.9 Å². The highest BCUT2D eigenvalue weighted by atomic mass is 35.5. The second-order valence-electron chi connectivity index (χ2n) is 4.68. The maximum atomic E-state index is 5.88. The topological polar surface area (TPSA) is 38.6 Å². The third-order valence-corrected chi connectivity index (χ3v) is 4.32. The molecule has 110 valence electrons. The summed E-state index contributed by atoms with van der Waals surface area (Å²) in [6.45, 7) is 1.62. The number of benzene rings is 1. The number of rotatable bonds is 6. The minimum atomic E-state index is 0.695. The van der Waals surface area contributed by atoms with Crippen molar-refractivity contribution < 1.29 is 4.74 Å². The molecule has 0 bridgehead atoms. The van der Waals surface area contributed by atoms with Crippen LogP contribution in [0.2, 0.25) is 5.02 Å². The summed E-state index contributed by atoms with van der Waals surface area (Å²) in [5, 5.41) is 6.24. The highest BCUT2D eigenvalue weighted by molar-refractivity contribution is 7.15. The Kier molecular flexibility index (Phi) is 4.43. The molecule has 2 heterocycles. The van der Waals surface area contributed by atoms with E-state index in [1.165, 1.54) is 5.56 Å². The molecular weight excluding hydrogens is 306 g/mol. The van der Waals surface area contributed by atoms with E-state index in [4.69, 9.17) is 16.3 Å². The Labute approximate surface area is 132 Å². The van der Waals surface area contributed by atoms with Crippen molar-refractivity contribution in [2.24, 2.45) is 0 Å². The van der Waals surface area contributed by atoms with Crippen LogP contribution < -0.4 is 10.1 Å².